The molecule has 0 unspecified atom stereocenters. The Morgan fingerprint density at radius 1 is 0.818 bits per heavy atom. The summed E-state index contributed by atoms with van der Waals surface area (Å²) >= 11 is 0. The maximum atomic E-state index is 3.52. The van der Waals surface area contributed by atoms with Crippen LogP contribution in [0.15, 0.2) is 0 Å². The smallest absolute Gasteiger partial charge is 0.0382 e. The summed E-state index contributed by atoms with van der Waals surface area (Å²) in [5.41, 5.74) is 9.28. The van der Waals surface area contributed by atoms with Crippen molar-refractivity contribution in [2.45, 2.75) is 59.9 Å². The van der Waals surface area contributed by atoms with Crippen LogP contribution in [-0.2, 0) is 0 Å². The van der Waals surface area contributed by atoms with Gasteiger partial charge in [-0.1, -0.05) is 6.42 Å². The van der Waals surface area contributed by atoms with Crippen LogP contribution in [0.25, 0.3) is 0 Å². The average molecular weight is 300 g/mol. The minimum Gasteiger partial charge on any atom is -0.314 e. The van der Waals surface area contributed by atoms with Gasteiger partial charge in [-0.05, 0) is 86.8 Å². The third kappa shape index (κ3) is 2.61. The number of hydrogen-bond donors (Lipinski definition) is 1. The summed E-state index contributed by atoms with van der Waals surface area (Å²) in [6.45, 7) is 16.3. The number of hydrogen-bond acceptors (Lipinski definition) is 2. The molecule has 0 amide bonds. The molecule has 2 fully saturated rings. The minimum atomic E-state index is 0.647. The van der Waals surface area contributed by atoms with Crippen molar-refractivity contribution in [1.29, 1.82) is 0 Å². The summed E-state index contributed by atoms with van der Waals surface area (Å²) < 4.78 is 0. The first-order chi connectivity index (χ1) is 10.5. The standard InChI is InChI=1S/C20H32N2/c1-13-14(2)16(4)19(17(5)15(13)3)20(18-7-6-8-18)22-11-9-21-10-12-22/h18,20-21H,6-12H2,1-5H3/t20-/m1/s1. The van der Waals surface area contributed by atoms with E-state index in [9.17, 15) is 0 Å². The van der Waals surface area contributed by atoms with E-state index >= 15 is 0 Å². The van der Waals surface area contributed by atoms with Gasteiger partial charge in [0.2, 0.25) is 0 Å². The van der Waals surface area contributed by atoms with Crippen LogP contribution in [0.5, 0.6) is 0 Å². The molecule has 1 aliphatic carbocycles. The zero-order chi connectivity index (χ0) is 15.9. The number of nitrogens with one attached hydrogen (secondary N) is 1. The molecule has 0 radical (unpaired) electrons. The zero-order valence-electron chi connectivity index (χ0n) is 15.1. The number of nitrogens with zero attached hydrogens (tertiary/aromatic N) is 1. The van der Waals surface area contributed by atoms with Crippen molar-refractivity contribution >= 4 is 0 Å². The molecule has 1 aromatic rings. The Morgan fingerprint density at radius 3 is 1.77 bits per heavy atom. The molecule has 3 rings (SSSR count). The van der Waals surface area contributed by atoms with Gasteiger partial charge >= 0.3 is 0 Å². The van der Waals surface area contributed by atoms with Crippen molar-refractivity contribution in [2.75, 3.05) is 26.2 Å². The Labute approximate surface area is 136 Å². The van der Waals surface area contributed by atoms with Crippen LogP contribution >= 0.6 is 0 Å². The molecule has 22 heavy (non-hydrogen) atoms. The van der Waals surface area contributed by atoms with E-state index in [-0.39, 0.29) is 0 Å². The highest BCUT2D eigenvalue weighted by molar-refractivity contribution is 5.51. The van der Waals surface area contributed by atoms with Gasteiger partial charge in [0, 0.05) is 32.2 Å². The van der Waals surface area contributed by atoms with Gasteiger partial charge in [0.1, 0.15) is 0 Å². The molecule has 1 heterocycles. The summed E-state index contributed by atoms with van der Waals surface area (Å²) in [4.78, 5) is 2.77. The van der Waals surface area contributed by atoms with E-state index in [1.807, 2.05) is 0 Å². The number of rotatable bonds is 3. The molecule has 1 saturated heterocycles. The van der Waals surface area contributed by atoms with E-state index in [2.05, 4.69) is 44.8 Å². The second-order valence-corrected chi connectivity index (χ2v) is 7.46. The molecule has 2 nitrogen and oxygen atoms in total. The van der Waals surface area contributed by atoms with E-state index in [0.29, 0.717) is 6.04 Å². The maximum Gasteiger partial charge on any atom is 0.0382 e. The van der Waals surface area contributed by atoms with Gasteiger partial charge in [-0.15, -0.1) is 0 Å². The monoisotopic (exact) mass is 300 g/mol. The highest BCUT2D eigenvalue weighted by Gasteiger charge is 2.35. The van der Waals surface area contributed by atoms with Crippen LogP contribution < -0.4 is 5.32 Å². The molecule has 1 saturated carbocycles. The second kappa shape index (κ2) is 6.33. The van der Waals surface area contributed by atoms with Crippen LogP contribution in [0, 0.1) is 40.5 Å². The van der Waals surface area contributed by atoms with Gasteiger partial charge < -0.3 is 5.32 Å². The van der Waals surface area contributed by atoms with Gasteiger partial charge in [0.15, 0.2) is 0 Å². The molecule has 0 bridgehead atoms. The summed E-state index contributed by atoms with van der Waals surface area (Å²) in [6.07, 6.45) is 4.26. The maximum absolute atomic E-state index is 3.52. The molecular weight excluding hydrogens is 268 g/mol. The fourth-order valence-electron chi connectivity index (χ4n) is 4.40. The van der Waals surface area contributed by atoms with E-state index < -0.39 is 0 Å². The molecule has 0 aromatic heterocycles. The van der Waals surface area contributed by atoms with E-state index in [4.69, 9.17) is 0 Å². The van der Waals surface area contributed by atoms with Crippen molar-refractivity contribution in [1.82, 2.24) is 10.2 Å². The van der Waals surface area contributed by atoms with Crippen LogP contribution in [0.3, 0.4) is 0 Å². The Kier molecular flexibility index (Phi) is 4.61. The van der Waals surface area contributed by atoms with Crippen LogP contribution in [0.2, 0.25) is 0 Å². The molecule has 1 atom stereocenters. The topological polar surface area (TPSA) is 15.3 Å². The normalized spacial score (nSPS) is 21.7. The lowest BCUT2D eigenvalue weighted by Gasteiger charge is -2.45. The van der Waals surface area contributed by atoms with Gasteiger partial charge in [0.05, 0.1) is 0 Å². The van der Waals surface area contributed by atoms with E-state index in [1.54, 1.807) is 16.7 Å². The van der Waals surface area contributed by atoms with Crippen LogP contribution in [0.4, 0.5) is 0 Å². The highest BCUT2D eigenvalue weighted by Crippen LogP contribution is 2.45. The molecule has 122 valence electrons. The van der Waals surface area contributed by atoms with Crippen molar-refractivity contribution in [3.63, 3.8) is 0 Å². The summed E-state index contributed by atoms with van der Waals surface area (Å²) in [7, 11) is 0. The van der Waals surface area contributed by atoms with Crippen molar-refractivity contribution in [3.05, 3.63) is 33.4 Å². The molecule has 1 N–H and O–H groups in total. The lowest BCUT2D eigenvalue weighted by Crippen LogP contribution is -2.48. The lowest BCUT2D eigenvalue weighted by atomic mass is 9.73. The van der Waals surface area contributed by atoms with E-state index in [1.165, 1.54) is 49.0 Å². The molecule has 1 aliphatic heterocycles. The Morgan fingerprint density at radius 2 is 1.32 bits per heavy atom. The first kappa shape index (κ1) is 16.0. The quantitative estimate of drug-likeness (QED) is 0.908. The minimum absolute atomic E-state index is 0.647. The first-order valence-corrected chi connectivity index (χ1v) is 9.04. The summed E-state index contributed by atoms with van der Waals surface area (Å²) in [5, 5.41) is 3.52. The zero-order valence-corrected chi connectivity index (χ0v) is 15.1. The van der Waals surface area contributed by atoms with Crippen molar-refractivity contribution in [2.24, 2.45) is 5.92 Å². The molecule has 2 heteroatoms. The summed E-state index contributed by atoms with van der Waals surface area (Å²) in [5.74, 6) is 0.872. The first-order valence-electron chi connectivity index (χ1n) is 9.04. The molecular formula is C20H32N2. The fraction of sp³-hybridized carbons (Fsp3) is 0.700. The third-order valence-corrected chi connectivity index (χ3v) is 6.50. The predicted molar refractivity (Wildman–Crippen MR) is 94.7 cm³/mol. The van der Waals surface area contributed by atoms with Gasteiger partial charge in [-0.3, -0.25) is 4.90 Å². The molecule has 0 spiro atoms. The van der Waals surface area contributed by atoms with E-state index in [0.717, 1.165) is 19.0 Å². The fourth-order valence-corrected chi connectivity index (χ4v) is 4.40. The predicted octanol–water partition coefficient (Wildman–Crippen LogP) is 3.98. The Balaban J connectivity index is 2.07. The van der Waals surface area contributed by atoms with Crippen LogP contribution in [0.1, 0.15) is 58.7 Å². The molecule has 1 aromatic carbocycles. The number of benzene rings is 1. The van der Waals surface area contributed by atoms with Crippen LogP contribution in [-0.4, -0.2) is 31.1 Å². The SMILES string of the molecule is Cc1c(C)c(C)c([C@@H](C2CCC2)N2CCNCC2)c(C)c1C. The summed E-state index contributed by atoms with van der Waals surface area (Å²) in [6, 6.07) is 0.647. The Bertz CT molecular complexity index is 522. The second-order valence-electron chi connectivity index (χ2n) is 7.46. The molecule has 2 aliphatic rings. The van der Waals surface area contributed by atoms with Gasteiger partial charge in [0.25, 0.3) is 0 Å². The lowest BCUT2D eigenvalue weighted by molar-refractivity contribution is 0.0828. The Hall–Kier alpha value is -0.860. The van der Waals surface area contributed by atoms with Gasteiger partial charge in [-0.2, -0.15) is 0 Å². The average Bonchev–Trinajstić information content (AvgIpc) is 2.49. The number of piperazine rings is 1. The largest absolute Gasteiger partial charge is 0.314 e. The van der Waals surface area contributed by atoms with Crippen molar-refractivity contribution < 1.29 is 0 Å². The highest BCUT2D eigenvalue weighted by atomic mass is 15.2. The third-order valence-electron chi connectivity index (χ3n) is 6.50. The van der Waals surface area contributed by atoms with Crippen molar-refractivity contribution in [3.8, 4) is 0 Å². The van der Waals surface area contributed by atoms with Gasteiger partial charge in [-0.25, -0.2) is 0 Å².